The van der Waals surface area contributed by atoms with Gasteiger partial charge < -0.3 is 14.6 Å². The van der Waals surface area contributed by atoms with Gasteiger partial charge in [-0.15, -0.1) is 0 Å². The molecule has 2 fully saturated rings. The van der Waals surface area contributed by atoms with Crippen LogP contribution in [0.4, 0.5) is 0 Å². The lowest BCUT2D eigenvalue weighted by Gasteiger charge is -2.41. The molecule has 0 aromatic rings. The molecule has 5 nitrogen and oxygen atoms in total. The Morgan fingerprint density at radius 3 is 2.78 bits per heavy atom. The second-order valence-corrected chi connectivity index (χ2v) is 5.17. The lowest BCUT2D eigenvalue weighted by Crippen LogP contribution is -2.56. The quantitative estimate of drug-likeness (QED) is 0.442. The molecule has 2 rings (SSSR count). The summed E-state index contributed by atoms with van der Waals surface area (Å²) < 4.78 is 10.7. The smallest absolute Gasteiger partial charge is 0.162 e. The molecule has 1 spiro atoms. The predicted octanol–water partition coefficient (Wildman–Crippen LogP) is 0.256. The van der Waals surface area contributed by atoms with Crippen LogP contribution < -0.4 is 0 Å². The van der Waals surface area contributed by atoms with Gasteiger partial charge in [-0.05, 0) is 25.5 Å². The molecule has 1 saturated heterocycles. The molecule has 1 aliphatic heterocycles. The van der Waals surface area contributed by atoms with Crippen molar-refractivity contribution in [2.24, 2.45) is 5.92 Å². The second-order valence-electron chi connectivity index (χ2n) is 5.17. The number of allylic oxidation sites excluding steroid dienone is 1. The Morgan fingerprint density at radius 2 is 2.28 bits per heavy atom. The fourth-order valence-electron chi connectivity index (χ4n) is 2.96. The summed E-state index contributed by atoms with van der Waals surface area (Å²) in [6.45, 7) is 2.10. The zero-order valence-corrected chi connectivity index (χ0v) is 10.6. The summed E-state index contributed by atoms with van der Waals surface area (Å²) in [4.78, 5) is 22.3. The SMILES string of the molecule is CO[C@@H]1C(=O)CC[C@]2(CO2)[C@H]1C(C)(O)C=CC=O. The van der Waals surface area contributed by atoms with Crippen LogP contribution in [0.25, 0.3) is 0 Å². The standard InChI is InChI=1S/C13H18O5/c1-12(16,5-3-7-14)11-10(17-2)9(15)4-6-13(11)8-18-13/h3,5,7,10-11,16H,4,6,8H2,1-2H3/t10-,11-,12?,13+/m1/s1. The van der Waals surface area contributed by atoms with Crippen molar-refractivity contribution in [2.75, 3.05) is 13.7 Å². The summed E-state index contributed by atoms with van der Waals surface area (Å²) in [7, 11) is 1.45. The molecule has 1 heterocycles. The Labute approximate surface area is 106 Å². The molecule has 0 aromatic carbocycles. The summed E-state index contributed by atoms with van der Waals surface area (Å²) >= 11 is 0. The lowest BCUT2D eigenvalue weighted by molar-refractivity contribution is -0.150. The van der Waals surface area contributed by atoms with Crippen molar-refractivity contribution < 1.29 is 24.2 Å². The van der Waals surface area contributed by atoms with E-state index in [4.69, 9.17) is 9.47 Å². The molecular formula is C13H18O5. The minimum atomic E-state index is -1.31. The molecule has 4 atom stereocenters. The van der Waals surface area contributed by atoms with E-state index in [9.17, 15) is 14.7 Å². The van der Waals surface area contributed by atoms with Crippen molar-refractivity contribution in [3.05, 3.63) is 12.2 Å². The number of rotatable bonds is 4. The normalized spacial score (nSPS) is 38.9. The van der Waals surface area contributed by atoms with Gasteiger partial charge in [-0.3, -0.25) is 9.59 Å². The van der Waals surface area contributed by atoms with Gasteiger partial charge in [0.1, 0.15) is 18.0 Å². The third-order valence-corrected chi connectivity index (χ3v) is 3.89. The molecule has 0 amide bonds. The van der Waals surface area contributed by atoms with Crippen molar-refractivity contribution >= 4 is 12.1 Å². The van der Waals surface area contributed by atoms with E-state index in [0.717, 1.165) is 0 Å². The average molecular weight is 254 g/mol. The summed E-state index contributed by atoms with van der Waals surface area (Å²) in [5.74, 6) is -0.504. The van der Waals surface area contributed by atoms with Crippen LogP contribution in [-0.2, 0) is 19.1 Å². The van der Waals surface area contributed by atoms with Gasteiger partial charge in [0.15, 0.2) is 5.78 Å². The van der Waals surface area contributed by atoms with E-state index in [0.29, 0.717) is 25.7 Å². The first-order valence-electron chi connectivity index (χ1n) is 6.02. The number of methoxy groups -OCH3 is 1. The monoisotopic (exact) mass is 254 g/mol. The Bertz CT molecular complexity index is 381. The number of Topliss-reactive ketones (excluding diaryl/α,β-unsaturated/α-hetero) is 1. The third-order valence-electron chi connectivity index (χ3n) is 3.89. The number of ketones is 1. The number of aldehydes is 1. The number of aliphatic hydroxyl groups is 1. The molecule has 1 aliphatic carbocycles. The zero-order chi connectivity index (χ0) is 13.4. The fraction of sp³-hybridized carbons (Fsp3) is 0.692. The summed E-state index contributed by atoms with van der Waals surface area (Å²) in [5, 5.41) is 10.5. The van der Waals surface area contributed by atoms with E-state index in [-0.39, 0.29) is 5.78 Å². The van der Waals surface area contributed by atoms with Crippen molar-refractivity contribution in [2.45, 2.75) is 37.1 Å². The van der Waals surface area contributed by atoms with Gasteiger partial charge in [-0.1, -0.05) is 0 Å². The van der Waals surface area contributed by atoms with E-state index in [1.807, 2.05) is 0 Å². The van der Waals surface area contributed by atoms with Crippen molar-refractivity contribution in [3.8, 4) is 0 Å². The molecule has 1 N–H and O–H groups in total. The minimum Gasteiger partial charge on any atom is -0.386 e. The topological polar surface area (TPSA) is 76.1 Å². The van der Waals surface area contributed by atoms with E-state index < -0.39 is 23.2 Å². The Balaban J connectivity index is 2.32. The van der Waals surface area contributed by atoms with Crippen LogP contribution in [0, 0.1) is 5.92 Å². The van der Waals surface area contributed by atoms with Crippen LogP contribution >= 0.6 is 0 Å². The van der Waals surface area contributed by atoms with E-state index in [2.05, 4.69) is 0 Å². The van der Waals surface area contributed by atoms with Crippen LogP contribution in [0.2, 0.25) is 0 Å². The number of carbonyl (C=O) groups is 2. The number of ether oxygens (including phenoxy) is 2. The van der Waals surface area contributed by atoms with E-state index in [1.165, 1.54) is 19.3 Å². The molecule has 18 heavy (non-hydrogen) atoms. The average Bonchev–Trinajstić information content (AvgIpc) is 3.09. The van der Waals surface area contributed by atoms with Crippen LogP contribution in [0.5, 0.6) is 0 Å². The summed E-state index contributed by atoms with van der Waals surface area (Å²) in [6.07, 6.45) is 3.55. The third kappa shape index (κ3) is 2.13. The predicted molar refractivity (Wildman–Crippen MR) is 63.0 cm³/mol. The Morgan fingerprint density at radius 1 is 1.61 bits per heavy atom. The maximum atomic E-state index is 11.9. The van der Waals surface area contributed by atoms with Crippen LogP contribution in [-0.4, -0.2) is 48.2 Å². The highest BCUT2D eigenvalue weighted by molar-refractivity contribution is 5.85. The van der Waals surface area contributed by atoms with Gasteiger partial charge in [-0.25, -0.2) is 0 Å². The summed E-state index contributed by atoms with van der Waals surface area (Å²) in [6, 6.07) is 0. The lowest BCUT2D eigenvalue weighted by atomic mass is 9.68. The van der Waals surface area contributed by atoms with Crippen molar-refractivity contribution in [3.63, 3.8) is 0 Å². The molecule has 0 aromatic heterocycles. The molecule has 100 valence electrons. The van der Waals surface area contributed by atoms with Gasteiger partial charge in [0.05, 0.1) is 18.1 Å². The van der Waals surface area contributed by atoms with Crippen LogP contribution in [0.1, 0.15) is 19.8 Å². The number of hydrogen-bond acceptors (Lipinski definition) is 5. The highest BCUT2D eigenvalue weighted by atomic mass is 16.6. The van der Waals surface area contributed by atoms with Gasteiger partial charge in [0.25, 0.3) is 0 Å². The first-order valence-corrected chi connectivity index (χ1v) is 6.02. The van der Waals surface area contributed by atoms with E-state index >= 15 is 0 Å². The molecular weight excluding hydrogens is 236 g/mol. The fourth-order valence-corrected chi connectivity index (χ4v) is 2.96. The summed E-state index contributed by atoms with van der Waals surface area (Å²) in [5.41, 5.74) is -1.79. The number of hydrogen-bond donors (Lipinski definition) is 1. The molecule has 0 radical (unpaired) electrons. The first kappa shape index (κ1) is 13.4. The van der Waals surface area contributed by atoms with Gasteiger partial charge >= 0.3 is 0 Å². The van der Waals surface area contributed by atoms with Gasteiger partial charge in [0.2, 0.25) is 0 Å². The Hall–Kier alpha value is -1.04. The molecule has 2 aliphatic rings. The van der Waals surface area contributed by atoms with Crippen molar-refractivity contribution in [1.29, 1.82) is 0 Å². The zero-order valence-electron chi connectivity index (χ0n) is 10.6. The highest BCUT2D eigenvalue weighted by Crippen LogP contribution is 2.50. The van der Waals surface area contributed by atoms with Gasteiger partial charge in [-0.2, -0.15) is 0 Å². The maximum absolute atomic E-state index is 11.9. The Kier molecular flexibility index (Phi) is 3.40. The van der Waals surface area contributed by atoms with Gasteiger partial charge in [0, 0.05) is 13.5 Å². The molecule has 1 saturated carbocycles. The van der Waals surface area contributed by atoms with E-state index in [1.54, 1.807) is 6.92 Å². The number of carbonyl (C=O) groups excluding carboxylic acids is 2. The first-order chi connectivity index (χ1) is 8.47. The van der Waals surface area contributed by atoms with Crippen LogP contribution in [0.3, 0.4) is 0 Å². The molecule has 1 unspecified atom stereocenters. The molecule has 0 bridgehead atoms. The minimum absolute atomic E-state index is 0.0246. The second kappa shape index (κ2) is 4.57. The molecule has 5 heteroatoms. The van der Waals surface area contributed by atoms with Crippen molar-refractivity contribution in [1.82, 2.24) is 0 Å². The maximum Gasteiger partial charge on any atom is 0.162 e. The largest absolute Gasteiger partial charge is 0.386 e. The van der Waals surface area contributed by atoms with Crippen LogP contribution in [0.15, 0.2) is 12.2 Å². The number of epoxide rings is 1. The highest BCUT2D eigenvalue weighted by Gasteiger charge is 2.63.